The van der Waals surface area contributed by atoms with Crippen molar-refractivity contribution in [3.63, 3.8) is 0 Å². The lowest BCUT2D eigenvalue weighted by Crippen LogP contribution is -2.03. The van der Waals surface area contributed by atoms with E-state index in [1.54, 1.807) is 6.07 Å². The molecule has 0 spiro atoms. The molecule has 0 fully saturated rings. The van der Waals surface area contributed by atoms with Crippen LogP contribution in [-0.4, -0.2) is 9.97 Å². The molecular weight excluding hydrogens is 366 g/mol. The Hall–Kier alpha value is -2.54. The Labute approximate surface area is 139 Å². The number of hydrogen-bond donors (Lipinski definition) is 2. The van der Waals surface area contributed by atoms with E-state index in [1.165, 1.54) is 12.3 Å². The largest absolute Gasteiger partial charge is 0.340 e. The second kappa shape index (κ2) is 6.70. The number of nitrogens with one attached hydrogen (secondary N) is 2. The lowest BCUT2D eigenvalue weighted by Gasteiger charge is -2.09. The van der Waals surface area contributed by atoms with Gasteiger partial charge >= 0.3 is 0 Å². The van der Waals surface area contributed by atoms with E-state index >= 15 is 0 Å². The Kier molecular flexibility index (Phi) is 4.47. The van der Waals surface area contributed by atoms with Crippen LogP contribution in [0.25, 0.3) is 0 Å². The van der Waals surface area contributed by atoms with E-state index in [4.69, 9.17) is 0 Å². The molecule has 7 heteroatoms. The third kappa shape index (κ3) is 3.81. The van der Waals surface area contributed by atoms with Crippen LogP contribution in [0.1, 0.15) is 0 Å². The fraction of sp³-hybridized carbons (Fsp3) is 0. The SMILES string of the molecule is Fc1cccc(F)c1Nc1nccc(Nc2cccc(Br)c2)n1. The molecule has 1 heterocycles. The van der Waals surface area contributed by atoms with Crippen molar-refractivity contribution in [2.24, 2.45) is 0 Å². The standard InChI is InChI=1S/C16H11BrF2N4/c17-10-3-1-4-11(9-10)21-14-7-8-20-16(22-14)23-15-12(18)5-2-6-13(15)19/h1-9H,(H2,20,21,22,23). The quantitative estimate of drug-likeness (QED) is 0.672. The zero-order chi connectivity index (χ0) is 16.2. The van der Waals surface area contributed by atoms with Crippen molar-refractivity contribution >= 4 is 39.1 Å². The lowest BCUT2D eigenvalue weighted by molar-refractivity contribution is 0.590. The highest BCUT2D eigenvalue weighted by Crippen LogP contribution is 2.23. The molecule has 23 heavy (non-hydrogen) atoms. The second-order valence-electron chi connectivity index (χ2n) is 4.62. The third-order valence-corrected chi connectivity index (χ3v) is 3.45. The van der Waals surface area contributed by atoms with Crippen molar-refractivity contribution in [2.75, 3.05) is 10.6 Å². The van der Waals surface area contributed by atoms with Crippen molar-refractivity contribution in [3.05, 3.63) is 70.8 Å². The van der Waals surface area contributed by atoms with E-state index in [0.717, 1.165) is 22.3 Å². The van der Waals surface area contributed by atoms with Crippen LogP contribution in [0.4, 0.5) is 31.9 Å². The predicted molar refractivity (Wildman–Crippen MR) is 89.1 cm³/mol. The molecule has 0 amide bonds. The molecule has 0 aliphatic heterocycles. The summed E-state index contributed by atoms with van der Waals surface area (Å²) in [5.41, 5.74) is 0.535. The number of benzene rings is 2. The van der Waals surface area contributed by atoms with Gasteiger partial charge < -0.3 is 10.6 Å². The molecule has 0 atom stereocenters. The monoisotopic (exact) mass is 376 g/mol. The summed E-state index contributed by atoms with van der Waals surface area (Å²) in [7, 11) is 0. The van der Waals surface area contributed by atoms with Gasteiger partial charge in [-0.3, -0.25) is 0 Å². The van der Waals surface area contributed by atoms with Crippen molar-refractivity contribution in [1.82, 2.24) is 9.97 Å². The van der Waals surface area contributed by atoms with Crippen LogP contribution in [0, 0.1) is 11.6 Å². The van der Waals surface area contributed by atoms with E-state index in [2.05, 4.69) is 36.5 Å². The van der Waals surface area contributed by atoms with E-state index in [9.17, 15) is 8.78 Å². The van der Waals surface area contributed by atoms with Crippen molar-refractivity contribution in [1.29, 1.82) is 0 Å². The van der Waals surface area contributed by atoms with Gasteiger partial charge in [-0.2, -0.15) is 4.98 Å². The Morgan fingerprint density at radius 2 is 1.65 bits per heavy atom. The number of halogens is 3. The molecule has 0 aliphatic rings. The molecule has 3 rings (SSSR count). The van der Waals surface area contributed by atoms with Crippen molar-refractivity contribution < 1.29 is 8.78 Å². The van der Waals surface area contributed by atoms with Crippen LogP contribution < -0.4 is 10.6 Å². The molecule has 0 saturated carbocycles. The van der Waals surface area contributed by atoms with Crippen LogP contribution in [0.15, 0.2) is 59.2 Å². The van der Waals surface area contributed by atoms with Gasteiger partial charge in [0.05, 0.1) is 0 Å². The van der Waals surface area contributed by atoms with Gasteiger partial charge in [-0.1, -0.05) is 28.1 Å². The minimum Gasteiger partial charge on any atom is -0.340 e. The highest BCUT2D eigenvalue weighted by Gasteiger charge is 2.10. The number of anilines is 4. The van der Waals surface area contributed by atoms with Gasteiger partial charge in [0.2, 0.25) is 5.95 Å². The zero-order valence-electron chi connectivity index (χ0n) is 11.7. The predicted octanol–water partition coefficient (Wildman–Crippen LogP) is 5.00. The van der Waals surface area contributed by atoms with Crippen molar-refractivity contribution in [3.8, 4) is 0 Å². The van der Waals surface area contributed by atoms with E-state index < -0.39 is 11.6 Å². The number of hydrogen-bond acceptors (Lipinski definition) is 4. The van der Waals surface area contributed by atoms with Crippen LogP contribution >= 0.6 is 15.9 Å². The first kappa shape index (κ1) is 15.4. The number of aromatic nitrogens is 2. The Morgan fingerprint density at radius 1 is 0.913 bits per heavy atom. The molecule has 0 bridgehead atoms. The van der Waals surface area contributed by atoms with Gasteiger partial charge in [-0.15, -0.1) is 0 Å². The fourth-order valence-electron chi connectivity index (χ4n) is 1.93. The molecule has 0 saturated heterocycles. The minimum atomic E-state index is -0.709. The van der Waals surface area contributed by atoms with Crippen LogP contribution in [-0.2, 0) is 0 Å². The average Bonchev–Trinajstić information content (AvgIpc) is 2.52. The maximum Gasteiger partial charge on any atom is 0.229 e. The van der Waals surface area contributed by atoms with E-state index in [-0.39, 0.29) is 11.6 Å². The highest BCUT2D eigenvalue weighted by molar-refractivity contribution is 9.10. The first-order chi connectivity index (χ1) is 11.1. The van der Waals surface area contributed by atoms with E-state index in [0.29, 0.717) is 5.82 Å². The van der Waals surface area contributed by atoms with Crippen molar-refractivity contribution in [2.45, 2.75) is 0 Å². The van der Waals surface area contributed by atoms with Gasteiger partial charge in [0, 0.05) is 16.4 Å². The molecule has 0 unspecified atom stereocenters. The summed E-state index contributed by atoms with van der Waals surface area (Å²) in [6.45, 7) is 0. The number of rotatable bonds is 4. The third-order valence-electron chi connectivity index (χ3n) is 2.95. The molecule has 116 valence electrons. The maximum absolute atomic E-state index is 13.6. The normalized spacial score (nSPS) is 10.4. The Balaban J connectivity index is 1.83. The summed E-state index contributed by atoms with van der Waals surface area (Å²) in [5, 5.41) is 5.65. The van der Waals surface area contributed by atoms with Gasteiger partial charge in [-0.25, -0.2) is 13.8 Å². The molecular formula is C16H11BrF2N4. The Morgan fingerprint density at radius 3 is 2.39 bits per heavy atom. The summed E-state index contributed by atoms with van der Waals surface area (Å²) in [6.07, 6.45) is 1.49. The van der Waals surface area contributed by atoms with Gasteiger partial charge in [0.1, 0.15) is 23.1 Å². The Bertz CT molecular complexity index is 822. The fourth-order valence-corrected chi connectivity index (χ4v) is 2.33. The summed E-state index contributed by atoms with van der Waals surface area (Å²) in [6, 6.07) is 12.8. The van der Waals surface area contributed by atoms with Gasteiger partial charge in [0.15, 0.2) is 0 Å². The molecule has 2 N–H and O–H groups in total. The molecule has 0 aliphatic carbocycles. The molecule has 3 aromatic rings. The van der Waals surface area contributed by atoms with Crippen LogP contribution in [0.2, 0.25) is 0 Å². The van der Waals surface area contributed by atoms with Crippen LogP contribution in [0.5, 0.6) is 0 Å². The topological polar surface area (TPSA) is 49.8 Å². The van der Waals surface area contributed by atoms with Crippen LogP contribution in [0.3, 0.4) is 0 Å². The number of nitrogens with zero attached hydrogens (tertiary/aromatic N) is 2. The summed E-state index contributed by atoms with van der Waals surface area (Å²) < 4.78 is 28.2. The smallest absolute Gasteiger partial charge is 0.229 e. The number of para-hydroxylation sites is 1. The molecule has 2 aromatic carbocycles. The zero-order valence-corrected chi connectivity index (χ0v) is 13.3. The molecule has 1 aromatic heterocycles. The summed E-state index contributed by atoms with van der Waals surface area (Å²) in [5.74, 6) is -0.829. The first-order valence-electron chi connectivity index (χ1n) is 6.68. The summed E-state index contributed by atoms with van der Waals surface area (Å²) >= 11 is 3.38. The average molecular weight is 377 g/mol. The van der Waals surface area contributed by atoms with Gasteiger partial charge in [0.25, 0.3) is 0 Å². The lowest BCUT2D eigenvalue weighted by atomic mass is 10.3. The molecule has 4 nitrogen and oxygen atoms in total. The van der Waals surface area contributed by atoms with Gasteiger partial charge in [-0.05, 0) is 36.4 Å². The summed E-state index contributed by atoms with van der Waals surface area (Å²) in [4.78, 5) is 8.16. The molecule has 0 radical (unpaired) electrons. The maximum atomic E-state index is 13.6. The highest BCUT2D eigenvalue weighted by atomic mass is 79.9. The first-order valence-corrected chi connectivity index (χ1v) is 7.48. The minimum absolute atomic E-state index is 0.0917. The van der Waals surface area contributed by atoms with E-state index in [1.807, 2.05) is 24.3 Å². The second-order valence-corrected chi connectivity index (χ2v) is 5.54.